The van der Waals surface area contributed by atoms with E-state index in [1.165, 1.54) is 34.7 Å². The molecule has 3 aliphatic heterocycles. The number of guanidine groups is 1. The van der Waals surface area contributed by atoms with Gasteiger partial charge in [-0.3, -0.25) is 9.79 Å². The minimum Gasteiger partial charge on any atom is -0.504 e. The molecular weight excluding hydrogens is 867 g/mol. The normalized spacial score (nSPS) is 30.4. The third-order valence-electron chi connectivity index (χ3n) is 16.5. The van der Waals surface area contributed by atoms with Gasteiger partial charge in [0, 0.05) is 55.1 Å². The Kier molecular flexibility index (Phi) is 16.3. The van der Waals surface area contributed by atoms with Crippen molar-refractivity contribution in [3.63, 3.8) is 0 Å². The second kappa shape index (κ2) is 22.2. The van der Waals surface area contributed by atoms with Crippen LogP contribution in [0.3, 0.4) is 0 Å². The van der Waals surface area contributed by atoms with Crippen molar-refractivity contribution in [2.45, 2.75) is 178 Å². The zero-order valence-electron chi connectivity index (χ0n) is 41.6. The fourth-order valence-electron chi connectivity index (χ4n) is 12.8. The van der Waals surface area contributed by atoms with Gasteiger partial charge in [0.25, 0.3) is 0 Å². The molecule has 5 aliphatic rings. The Balaban J connectivity index is 1.28. The zero-order chi connectivity index (χ0) is 48.8. The number of carbonyl (C=O) groups is 1. The Labute approximate surface area is 410 Å². The average Bonchev–Trinajstić information content (AvgIpc) is 3.31. The number of benzene rings is 3. The van der Waals surface area contributed by atoms with Gasteiger partial charge in [0.2, 0.25) is 0 Å². The minimum absolute atomic E-state index is 0.0359. The van der Waals surface area contributed by atoms with E-state index in [1.807, 2.05) is 6.07 Å². The molecule has 374 valence electrons. The van der Waals surface area contributed by atoms with Gasteiger partial charge in [0.15, 0.2) is 17.5 Å². The number of phenolic OH excluding ortho intramolecular Hbond substituents is 1. The molecule has 0 aromatic heterocycles. The number of ether oxygens (including phenoxy) is 2. The standard InChI is InChI=1S/C57H79N5O7/c1-37-24-38(2)26-42(25-37)28-50-44-11-8-10-41(27-44)15-22-59-36-56-17-9-12-43-13-20-55(39(3)64,35-60-54(58)62-57(50)18-6-5-7-19-57)21-14-47(66)32-52(68-40(4)65)49(43)29-45-31-53(51(67)30-46(45)34-63)69-48(33-56)16-23-61-56/h8,10-11,24-27,30-31,39,43,47-50,52,59,61,63-64,66-67H,5-7,9,12,14-19,21-23,28-29,32-36H2,1-4H3,(H3,58,60,62). The lowest BCUT2D eigenvalue weighted by atomic mass is 9.67. The van der Waals surface area contributed by atoms with E-state index in [2.05, 4.69) is 84.1 Å². The summed E-state index contributed by atoms with van der Waals surface area (Å²) < 4.78 is 12.9. The van der Waals surface area contributed by atoms with E-state index in [4.69, 9.17) is 20.2 Å². The van der Waals surface area contributed by atoms with Crippen LogP contribution in [0.15, 0.2) is 59.6 Å². The van der Waals surface area contributed by atoms with Crippen molar-refractivity contribution in [2.75, 3.05) is 26.2 Å². The molecule has 3 aromatic rings. The monoisotopic (exact) mass is 946 g/mol. The van der Waals surface area contributed by atoms with Gasteiger partial charge >= 0.3 is 5.97 Å². The van der Waals surface area contributed by atoms with E-state index in [0.29, 0.717) is 49.5 Å². The summed E-state index contributed by atoms with van der Waals surface area (Å²) in [5, 5.41) is 57.6. The van der Waals surface area contributed by atoms with Crippen LogP contribution in [0.4, 0.5) is 0 Å². The number of aliphatic imine (C=N–C) groups is 1. The fourth-order valence-corrected chi connectivity index (χ4v) is 12.8. The zero-order valence-corrected chi connectivity index (χ0v) is 41.6. The average molecular weight is 946 g/mol. The summed E-state index contributed by atoms with van der Waals surface area (Å²) in [4.78, 5) is 18.1. The van der Waals surface area contributed by atoms with Crippen LogP contribution in [0.1, 0.15) is 142 Å². The van der Waals surface area contributed by atoms with Crippen LogP contribution in [0.5, 0.6) is 11.5 Å². The van der Waals surface area contributed by atoms with Crippen LogP contribution < -0.4 is 26.4 Å². The first-order chi connectivity index (χ1) is 33.2. The van der Waals surface area contributed by atoms with E-state index in [-0.39, 0.29) is 60.8 Å². The van der Waals surface area contributed by atoms with Crippen molar-refractivity contribution in [3.8, 4) is 23.3 Å². The molecule has 8 bridgehead atoms. The third kappa shape index (κ3) is 12.3. The Morgan fingerprint density at radius 2 is 1.80 bits per heavy atom. The highest BCUT2D eigenvalue weighted by Crippen LogP contribution is 2.44. The van der Waals surface area contributed by atoms with Crippen LogP contribution >= 0.6 is 0 Å². The second-order valence-corrected chi connectivity index (χ2v) is 21.7. The molecule has 8 rings (SSSR count). The number of nitrogens with one attached hydrogen (secondary N) is 3. The van der Waals surface area contributed by atoms with Crippen molar-refractivity contribution in [1.29, 1.82) is 0 Å². The van der Waals surface area contributed by atoms with Crippen LogP contribution in [0.2, 0.25) is 0 Å². The van der Waals surface area contributed by atoms with Crippen molar-refractivity contribution in [3.05, 3.63) is 93.5 Å². The van der Waals surface area contributed by atoms with Crippen molar-refractivity contribution >= 4 is 11.9 Å². The minimum atomic E-state index is -1.06. The molecule has 69 heavy (non-hydrogen) atoms. The molecule has 12 nitrogen and oxygen atoms in total. The Bertz CT molecular complexity index is 2330. The number of aliphatic hydroxyl groups excluding tert-OH is 3. The van der Waals surface area contributed by atoms with Crippen LogP contribution in [-0.2, 0) is 35.4 Å². The predicted octanol–water partition coefficient (Wildman–Crippen LogP) is 6.96. The quantitative estimate of drug-likeness (QED) is 0.0976. The summed E-state index contributed by atoms with van der Waals surface area (Å²) >= 11 is 0. The number of fused-ring (bicyclic) bond motifs is 8. The van der Waals surface area contributed by atoms with Gasteiger partial charge in [-0.05, 0) is 138 Å². The van der Waals surface area contributed by atoms with Crippen LogP contribution in [0.25, 0.3) is 0 Å². The number of aromatic hydroxyl groups is 1. The van der Waals surface area contributed by atoms with Crippen LogP contribution in [-0.4, -0.2) is 94.0 Å². The highest BCUT2D eigenvalue weighted by molar-refractivity contribution is 5.79. The predicted molar refractivity (Wildman–Crippen MR) is 271 cm³/mol. The Morgan fingerprint density at radius 3 is 2.55 bits per heavy atom. The maximum atomic E-state index is 12.9. The molecule has 9 unspecified atom stereocenters. The molecule has 9 N–H and O–H groups in total. The van der Waals surface area contributed by atoms with Crippen molar-refractivity contribution < 1.29 is 34.7 Å². The Morgan fingerprint density at radius 1 is 1.00 bits per heavy atom. The number of piperidine rings is 1. The summed E-state index contributed by atoms with van der Waals surface area (Å²) in [6, 6.07) is 19.4. The van der Waals surface area contributed by atoms with Crippen molar-refractivity contribution in [2.24, 2.45) is 28.0 Å². The number of esters is 1. The van der Waals surface area contributed by atoms with Crippen LogP contribution in [0, 0.1) is 42.9 Å². The smallest absolute Gasteiger partial charge is 0.302 e. The van der Waals surface area contributed by atoms with E-state index in [1.54, 1.807) is 13.0 Å². The van der Waals surface area contributed by atoms with Gasteiger partial charge in [-0.1, -0.05) is 91.1 Å². The number of nitrogens with two attached hydrogens (primary N) is 1. The largest absolute Gasteiger partial charge is 0.504 e. The molecule has 0 amide bonds. The van der Waals surface area contributed by atoms with Gasteiger partial charge < -0.3 is 51.6 Å². The lowest BCUT2D eigenvalue weighted by Crippen LogP contribution is -2.59. The van der Waals surface area contributed by atoms with Gasteiger partial charge in [-0.2, -0.15) is 0 Å². The number of nitrogens with zero attached hydrogens (tertiary/aromatic N) is 1. The van der Waals surface area contributed by atoms with E-state index < -0.39 is 35.6 Å². The molecular formula is C57H79N5O7. The summed E-state index contributed by atoms with van der Waals surface area (Å²) in [5.41, 5.74) is 13.0. The number of carbonyl (C=O) groups excluding carboxylic acids is 1. The van der Waals surface area contributed by atoms with Crippen molar-refractivity contribution in [1.82, 2.24) is 16.0 Å². The number of aliphatic hydroxyl groups is 3. The van der Waals surface area contributed by atoms with E-state index in [0.717, 1.165) is 82.9 Å². The topological polar surface area (TPSA) is 191 Å². The summed E-state index contributed by atoms with van der Waals surface area (Å²) in [6.45, 7) is 9.54. The molecule has 3 heterocycles. The van der Waals surface area contributed by atoms with Gasteiger partial charge in [-0.25, -0.2) is 0 Å². The molecule has 2 fully saturated rings. The molecule has 0 radical (unpaired) electrons. The summed E-state index contributed by atoms with van der Waals surface area (Å²) in [6.07, 6.45) is 9.05. The second-order valence-electron chi connectivity index (χ2n) is 21.7. The third-order valence-corrected chi connectivity index (χ3v) is 16.5. The molecule has 3 aromatic carbocycles. The summed E-state index contributed by atoms with van der Waals surface area (Å²) in [7, 11) is 0. The fraction of sp³-hybridized carbons (Fsp3) is 0.614. The SMILES string of the molecule is CC(=O)OC1CC(O)CCC2(C(C)O)C#CC3CCCC4(CNCCc5cccc(c5)C(Cc5cc(C)cc(C)c5)C5(CCCCC5)NC(N)=NC2)CC(CCN4)Oc2cc(c(CO)cc2O)CC31. The lowest BCUT2D eigenvalue weighted by Gasteiger charge is -2.45. The first kappa shape index (κ1) is 50.7. The maximum absolute atomic E-state index is 12.9. The molecule has 2 spiro atoms. The van der Waals surface area contributed by atoms with Gasteiger partial charge in [0.1, 0.15) is 12.2 Å². The molecule has 1 saturated carbocycles. The highest BCUT2D eigenvalue weighted by Gasteiger charge is 2.44. The first-order valence-corrected chi connectivity index (χ1v) is 26.0. The number of hydrogen-bond acceptors (Lipinski definition) is 12. The first-order valence-electron chi connectivity index (χ1n) is 26.0. The number of rotatable bonds is 5. The number of hydrogen-bond donors (Lipinski definition) is 8. The van der Waals surface area contributed by atoms with Gasteiger partial charge in [-0.15, -0.1) is 0 Å². The molecule has 1 saturated heterocycles. The lowest BCUT2D eigenvalue weighted by molar-refractivity contribution is -0.152. The maximum Gasteiger partial charge on any atom is 0.302 e. The molecule has 12 heteroatoms. The number of phenols is 1. The number of aryl methyl sites for hydroxylation is 2. The van der Waals surface area contributed by atoms with Gasteiger partial charge in [0.05, 0.1) is 30.8 Å². The van der Waals surface area contributed by atoms with E-state index in [9.17, 15) is 25.2 Å². The summed E-state index contributed by atoms with van der Waals surface area (Å²) in [5.74, 6) is 6.86. The Hall–Kier alpha value is -4.64. The van der Waals surface area contributed by atoms with E-state index >= 15 is 0 Å². The molecule has 2 aliphatic carbocycles. The molecule has 9 atom stereocenters. The highest BCUT2D eigenvalue weighted by atomic mass is 16.5.